The molecule has 0 aromatic heterocycles. The highest BCUT2D eigenvalue weighted by Gasteiger charge is 2.33. The summed E-state index contributed by atoms with van der Waals surface area (Å²) in [4.78, 5) is 0. The summed E-state index contributed by atoms with van der Waals surface area (Å²) in [6.07, 6.45) is 0. The van der Waals surface area contributed by atoms with Crippen molar-refractivity contribution in [3.63, 3.8) is 0 Å². The van der Waals surface area contributed by atoms with E-state index in [4.69, 9.17) is 0 Å². The van der Waals surface area contributed by atoms with E-state index in [9.17, 15) is 0 Å². The molecule has 0 fully saturated rings. The van der Waals surface area contributed by atoms with Gasteiger partial charge in [0, 0.05) is 0 Å². The molecule has 26 heavy (non-hydrogen) atoms. The molecular weight excluding hydrogens is 328 g/mol. The molecule has 0 amide bonds. The van der Waals surface area contributed by atoms with Crippen LogP contribution in [0.4, 0.5) is 0 Å². The first-order valence-electron chi connectivity index (χ1n) is 9.34. The van der Waals surface area contributed by atoms with Crippen molar-refractivity contribution >= 4 is 18.8 Å². The third-order valence-electron chi connectivity index (χ3n) is 5.64. The van der Waals surface area contributed by atoms with Crippen LogP contribution in [0.25, 0.3) is 10.8 Å². The smallest absolute Gasteiger partial charge is 0.130 e. The Labute approximate surface area is 159 Å². The van der Waals surface area contributed by atoms with Crippen molar-refractivity contribution in [1.82, 2.24) is 0 Å². The zero-order valence-electron chi connectivity index (χ0n) is 16.5. The van der Waals surface area contributed by atoms with Gasteiger partial charge in [-0.2, -0.15) is 0 Å². The van der Waals surface area contributed by atoms with Gasteiger partial charge in [-0.3, -0.25) is 0 Å². The summed E-state index contributed by atoms with van der Waals surface area (Å²) in [5, 5.41) is 2.82. The molecule has 0 radical (unpaired) electrons. The van der Waals surface area contributed by atoms with Crippen LogP contribution in [0.3, 0.4) is 0 Å². The van der Waals surface area contributed by atoms with Crippen molar-refractivity contribution in [2.24, 2.45) is 0 Å². The molecule has 0 aliphatic carbocycles. The lowest BCUT2D eigenvalue weighted by Crippen LogP contribution is -2.35. The lowest BCUT2D eigenvalue weighted by Gasteiger charge is -2.31. The predicted octanol–water partition coefficient (Wildman–Crippen LogP) is 7.02. The lowest BCUT2D eigenvalue weighted by molar-refractivity contribution is 0.730. The number of hydrogen-bond donors (Lipinski definition) is 0. The molecule has 1 heteroatoms. The van der Waals surface area contributed by atoms with E-state index < -0.39 is 8.07 Å². The number of fused-ring (bicyclic) bond motifs is 1. The molecule has 0 N–H and O–H groups in total. The van der Waals surface area contributed by atoms with Gasteiger partial charge in [0.1, 0.15) is 8.07 Å². The van der Waals surface area contributed by atoms with Crippen LogP contribution in [0.15, 0.2) is 72.8 Å². The minimum absolute atomic E-state index is 0.120. The van der Waals surface area contributed by atoms with E-state index in [0.717, 1.165) is 0 Å². The van der Waals surface area contributed by atoms with Crippen LogP contribution in [-0.2, 0) is 0 Å². The van der Waals surface area contributed by atoms with Crippen LogP contribution in [0.5, 0.6) is 0 Å². The summed E-state index contributed by atoms with van der Waals surface area (Å²) in [5.41, 5.74) is 6.28. The van der Waals surface area contributed by atoms with E-state index in [2.05, 4.69) is 118 Å². The maximum Gasteiger partial charge on any atom is 0.137 e. The highest BCUT2D eigenvalue weighted by molar-refractivity contribution is 6.87. The van der Waals surface area contributed by atoms with Crippen molar-refractivity contribution < 1.29 is 0 Å². The fraction of sp³-hybridized carbons (Fsp3) is 0.280. The van der Waals surface area contributed by atoms with Crippen LogP contribution in [0.1, 0.15) is 37.8 Å². The lowest BCUT2D eigenvalue weighted by atomic mass is 9.91. The average Bonchev–Trinajstić information content (AvgIpc) is 2.61. The van der Waals surface area contributed by atoms with E-state index in [1.165, 1.54) is 21.9 Å². The topological polar surface area (TPSA) is 0 Å². The van der Waals surface area contributed by atoms with Gasteiger partial charge in [0.25, 0.3) is 0 Å². The van der Waals surface area contributed by atoms with Crippen molar-refractivity contribution in [2.45, 2.75) is 44.8 Å². The van der Waals surface area contributed by atoms with Gasteiger partial charge in [-0.25, -0.2) is 0 Å². The molecule has 0 aliphatic heterocycles. The van der Waals surface area contributed by atoms with E-state index in [1.807, 2.05) is 0 Å². The van der Waals surface area contributed by atoms with Gasteiger partial charge in [-0.1, -0.05) is 107 Å². The number of rotatable bonds is 2. The van der Waals surface area contributed by atoms with Crippen LogP contribution in [0.2, 0.25) is 18.1 Å². The summed E-state index contributed by atoms with van der Waals surface area (Å²) in [6.45, 7) is 11.7. The Hall–Kier alpha value is -2.30. The second-order valence-corrected chi connectivity index (χ2v) is 13.6. The molecule has 0 spiro atoms. The van der Waals surface area contributed by atoms with Crippen molar-refractivity contribution in [3.05, 3.63) is 83.9 Å². The molecule has 0 bridgehead atoms. The van der Waals surface area contributed by atoms with E-state index >= 15 is 0 Å². The van der Waals surface area contributed by atoms with Gasteiger partial charge < -0.3 is 0 Å². The molecule has 0 aliphatic rings. The van der Waals surface area contributed by atoms with E-state index in [-0.39, 0.29) is 11.0 Å². The first-order chi connectivity index (χ1) is 12.3. The molecule has 1 atom stereocenters. The molecule has 0 heterocycles. The van der Waals surface area contributed by atoms with Crippen molar-refractivity contribution in [2.75, 3.05) is 0 Å². The van der Waals surface area contributed by atoms with Gasteiger partial charge >= 0.3 is 0 Å². The fourth-order valence-corrected chi connectivity index (χ4v) is 3.71. The first kappa shape index (κ1) is 18.5. The van der Waals surface area contributed by atoms with Crippen LogP contribution < -0.4 is 0 Å². The zero-order valence-corrected chi connectivity index (χ0v) is 17.5. The SMILES string of the molecule is CC(C)(C)[Si](C)(C)C#CC(c1ccccc1)c1ccc2ccccc2c1. The third kappa shape index (κ3) is 3.92. The molecular formula is C25H28Si. The van der Waals surface area contributed by atoms with Gasteiger partial charge in [-0.15, -0.1) is 5.54 Å². The van der Waals surface area contributed by atoms with Gasteiger partial charge in [-0.05, 0) is 33.0 Å². The molecule has 1 unspecified atom stereocenters. The van der Waals surface area contributed by atoms with E-state index in [0.29, 0.717) is 0 Å². The Morgan fingerprint density at radius 1 is 0.731 bits per heavy atom. The largest absolute Gasteiger partial charge is 0.137 e. The first-order valence-corrected chi connectivity index (χ1v) is 12.3. The molecule has 132 valence electrons. The monoisotopic (exact) mass is 356 g/mol. The van der Waals surface area contributed by atoms with Crippen LogP contribution >= 0.6 is 0 Å². The summed E-state index contributed by atoms with van der Waals surface area (Å²) in [6, 6.07) is 26.0. The van der Waals surface area contributed by atoms with Crippen molar-refractivity contribution in [3.8, 4) is 11.5 Å². The van der Waals surface area contributed by atoms with Gasteiger partial charge in [0.05, 0.1) is 5.92 Å². The highest BCUT2D eigenvalue weighted by Crippen LogP contribution is 2.36. The Morgan fingerprint density at radius 3 is 2.00 bits per heavy atom. The standard InChI is InChI=1S/C25H28Si/c1-25(2,3)26(4,5)18-17-24(21-12-7-6-8-13-21)23-16-15-20-11-9-10-14-22(20)19-23/h6-16,19,24H,1-5H3. The van der Waals surface area contributed by atoms with Gasteiger partial charge in [0.15, 0.2) is 0 Å². The summed E-state index contributed by atoms with van der Waals surface area (Å²) >= 11 is 0. The van der Waals surface area contributed by atoms with Crippen LogP contribution in [0, 0.1) is 11.5 Å². The summed E-state index contributed by atoms with van der Waals surface area (Å²) in [7, 11) is -1.65. The van der Waals surface area contributed by atoms with E-state index in [1.54, 1.807) is 0 Å². The van der Waals surface area contributed by atoms with Crippen molar-refractivity contribution in [1.29, 1.82) is 0 Å². The second kappa shape index (κ2) is 7.14. The molecule has 0 nitrogen and oxygen atoms in total. The predicted molar refractivity (Wildman–Crippen MR) is 117 cm³/mol. The quantitative estimate of drug-likeness (QED) is 0.342. The number of hydrogen-bond acceptors (Lipinski definition) is 0. The molecule has 3 aromatic rings. The number of benzene rings is 3. The second-order valence-electron chi connectivity index (χ2n) is 8.59. The minimum atomic E-state index is -1.65. The molecule has 3 aromatic carbocycles. The van der Waals surface area contributed by atoms with Gasteiger partial charge in [0.2, 0.25) is 0 Å². The maximum atomic E-state index is 3.73. The summed E-state index contributed by atoms with van der Waals surface area (Å²) < 4.78 is 0. The zero-order chi connectivity index (χ0) is 18.8. The highest BCUT2D eigenvalue weighted by atomic mass is 28.3. The maximum absolute atomic E-state index is 3.73. The normalized spacial score (nSPS) is 13.1. The Morgan fingerprint density at radius 2 is 1.35 bits per heavy atom. The summed E-state index contributed by atoms with van der Waals surface area (Å²) in [5.74, 6) is 3.80. The Balaban J connectivity index is 2.10. The molecule has 3 rings (SSSR count). The molecule has 0 saturated heterocycles. The Kier molecular flexibility index (Phi) is 5.07. The minimum Gasteiger partial charge on any atom is -0.130 e. The average molecular weight is 357 g/mol. The van der Waals surface area contributed by atoms with Crippen LogP contribution in [-0.4, -0.2) is 8.07 Å². The Bertz CT molecular complexity index is 950. The third-order valence-corrected chi connectivity index (χ3v) is 10.2. The molecule has 0 saturated carbocycles. The fourth-order valence-electron chi connectivity index (χ4n) is 2.83.